The van der Waals surface area contributed by atoms with Gasteiger partial charge in [-0.05, 0) is 44.5 Å². The molecule has 0 bridgehead atoms. The summed E-state index contributed by atoms with van der Waals surface area (Å²) in [6.07, 6.45) is 2.54. The molecule has 0 spiro atoms. The number of nitrogens with zero attached hydrogens (tertiary/aromatic N) is 1. The largest absolute Gasteiger partial charge is 0.491 e. The van der Waals surface area contributed by atoms with Gasteiger partial charge in [-0.3, -0.25) is 4.90 Å². The molecule has 3 nitrogen and oxygen atoms in total. The molecule has 1 unspecified atom stereocenters. The lowest BCUT2D eigenvalue weighted by Gasteiger charge is -2.34. The Balaban J connectivity index is 1.71. The van der Waals surface area contributed by atoms with Crippen molar-refractivity contribution in [2.45, 2.75) is 45.3 Å². The average molecular weight is 260 g/mol. The molecule has 2 aliphatic heterocycles. The standard InChI is InChI=1S/C16H24N2O/c1-3-18-9-5-8-16(18,2)12-19-15-7-4-6-13-10-17-11-14(13)15/h4,6-7,17H,3,5,8-12H2,1-2H3. The monoisotopic (exact) mass is 260 g/mol. The molecule has 1 aromatic carbocycles. The molecule has 2 heterocycles. The van der Waals surface area contributed by atoms with Crippen LogP contribution in [0.3, 0.4) is 0 Å². The molecule has 1 saturated heterocycles. The molecule has 3 heteroatoms. The maximum absolute atomic E-state index is 6.19. The van der Waals surface area contributed by atoms with Gasteiger partial charge in [0.25, 0.3) is 0 Å². The van der Waals surface area contributed by atoms with Crippen LogP contribution >= 0.6 is 0 Å². The molecule has 0 aromatic heterocycles. The Kier molecular flexibility index (Phi) is 3.50. The van der Waals surface area contributed by atoms with E-state index in [1.165, 1.54) is 30.5 Å². The van der Waals surface area contributed by atoms with Crippen LogP contribution in [0.1, 0.15) is 37.8 Å². The molecule has 0 saturated carbocycles. The van der Waals surface area contributed by atoms with Gasteiger partial charge in [-0.1, -0.05) is 19.1 Å². The Bertz CT molecular complexity index is 460. The van der Waals surface area contributed by atoms with Gasteiger partial charge in [0.05, 0.1) is 5.54 Å². The van der Waals surface area contributed by atoms with Crippen LogP contribution in [0, 0.1) is 0 Å². The van der Waals surface area contributed by atoms with Crippen molar-refractivity contribution in [3.05, 3.63) is 29.3 Å². The van der Waals surface area contributed by atoms with E-state index in [2.05, 4.69) is 42.3 Å². The van der Waals surface area contributed by atoms with E-state index in [0.29, 0.717) is 0 Å². The lowest BCUT2D eigenvalue weighted by molar-refractivity contribution is 0.0953. The summed E-state index contributed by atoms with van der Waals surface area (Å²) in [5.41, 5.74) is 2.96. The van der Waals surface area contributed by atoms with Crippen LogP contribution in [0.4, 0.5) is 0 Å². The minimum Gasteiger partial charge on any atom is -0.491 e. The normalized spacial score (nSPS) is 26.6. The second-order valence-corrected chi connectivity index (χ2v) is 5.97. The van der Waals surface area contributed by atoms with Gasteiger partial charge >= 0.3 is 0 Å². The fourth-order valence-corrected chi connectivity index (χ4v) is 3.45. The van der Waals surface area contributed by atoms with Crippen LogP contribution in [0.15, 0.2) is 18.2 Å². The Labute approximate surface area is 115 Å². The second kappa shape index (κ2) is 5.14. The van der Waals surface area contributed by atoms with Crippen molar-refractivity contribution in [1.29, 1.82) is 0 Å². The fraction of sp³-hybridized carbons (Fsp3) is 0.625. The number of ether oxygens (including phenoxy) is 1. The fourth-order valence-electron chi connectivity index (χ4n) is 3.45. The molecular formula is C16H24N2O. The first-order valence-electron chi connectivity index (χ1n) is 7.42. The van der Waals surface area contributed by atoms with Gasteiger partial charge in [-0.2, -0.15) is 0 Å². The Hall–Kier alpha value is -1.06. The van der Waals surface area contributed by atoms with Crippen molar-refractivity contribution in [2.75, 3.05) is 19.7 Å². The van der Waals surface area contributed by atoms with Gasteiger partial charge in [0, 0.05) is 18.7 Å². The van der Waals surface area contributed by atoms with E-state index in [4.69, 9.17) is 4.74 Å². The second-order valence-electron chi connectivity index (χ2n) is 5.97. The molecule has 19 heavy (non-hydrogen) atoms. The third-order valence-corrected chi connectivity index (χ3v) is 4.67. The Morgan fingerprint density at radius 2 is 2.26 bits per heavy atom. The smallest absolute Gasteiger partial charge is 0.124 e. The SMILES string of the molecule is CCN1CCCC1(C)COc1cccc2c1CNC2. The molecule has 2 aliphatic rings. The highest BCUT2D eigenvalue weighted by Crippen LogP contribution is 2.31. The zero-order chi connectivity index (χ0) is 13.3. The topological polar surface area (TPSA) is 24.5 Å². The summed E-state index contributed by atoms with van der Waals surface area (Å²) in [7, 11) is 0. The van der Waals surface area contributed by atoms with Crippen molar-refractivity contribution in [3.63, 3.8) is 0 Å². The minimum absolute atomic E-state index is 0.212. The van der Waals surface area contributed by atoms with Crippen LogP contribution in [0.5, 0.6) is 5.75 Å². The molecule has 3 rings (SSSR count). The van der Waals surface area contributed by atoms with Gasteiger partial charge < -0.3 is 10.1 Å². The summed E-state index contributed by atoms with van der Waals surface area (Å²) in [6, 6.07) is 6.41. The molecule has 1 atom stereocenters. The van der Waals surface area contributed by atoms with Crippen LogP contribution in [-0.2, 0) is 13.1 Å². The first-order chi connectivity index (χ1) is 9.23. The van der Waals surface area contributed by atoms with Crippen molar-refractivity contribution in [3.8, 4) is 5.75 Å². The third-order valence-electron chi connectivity index (χ3n) is 4.67. The van der Waals surface area contributed by atoms with Crippen LogP contribution in [-0.4, -0.2) is 30.1 Å². The van der Waals surface area contributed by atoms with Crippen LogP contribution in [0.2, 0.25) is 0 Å². The highest BCUT2D eigenvalue weighted by atomic mass is 16.5. The van der Waals surface area contributed by atoms with Crippen molar-refractivity contribution >= 4 is 0 Å². The zero-order valence-corrected chi connectivity index (χ0v) is 12.0. The summed E-state index contributed by atoms with van der Waals surface area (Å²) < 4.78 is 6.19. The number of hydrogen-bond donors (Lipinski definition) is 1. The predicted octanol–water partition coefficient (Wildman–Crippen LogP) is 2.54. The third kappa shape index (κ3) is 2.37. The molecule has 1 N–H and O–H groups in total. The summed E-state index contributed by atoms with van der Waals surface area (Å²) in [4.78, 5) is 2.55. The van der Waals surface area contributed by atoms with Crippen LogP contribution in [0.25, 0.3) is 0 Å². The first kappa shape index (κ1) is 12.9. The summed E-state index contributed by atoms with van der Waals surface area (Å²) in [6.45, 7) is 9.64. The molecule has 104 valence electrons. The van der Waals surface area contributed by atoms with E-state index >= 15 is 0 Å². The minimum atomic E-state index is 0.212. The molecule has 0 radical (unpaired) electrons. The van der Waals surface area contributed by atoms with E-state index in [9.17, 15) is 0 Å². The van der Waals surface area contributed by atoms with Crippen molar-refractivity contribution in [1.82, 2.24) is 10.2 Å². The zero-order valence-electron chi connectivity index (χ0n) is 12.0. The molecular weight excluding hydrogens is 236 g/mol. The van der Waals surface area contributed by atoms with Gasteiger partial charge in [0.1, 0.15) is 12.4 Å². The maximum Gasteiger partial charge on any atom is 0.124 e. The van der Waals surface area contributed by atoms with E-state index in [0.717, 1.165) is 32.0 Å². The van der Waals surface area contributed by atoms with E-state index < -0.39 is 0 Å². The van der Waals surface area contributed by atoms with E-state index in [1.807, 2.05) is 0 Å². The summed E-state index contributed by atoms with van der Waals surface area (Å²) >= 11 is 0. The number of rotatable bonds is 4. The Morgan fingerprint density at radius 3 is 3.11 bits per heavy atom. The number of likely N-dealkylation sites (tertiary alicyclic amines) is 1. The highest BCUT2D eigenvalue weighted by molar-refractivity contribution is 5.42. The van der Waals surface area contributed by atoms with Crippen molar-refractivity contribution < 1.29 is 4.74 Å². The molecule has 1 fully saturated rings. The number of hydrogen-bond acceptors (Lipinski definition) is 3. The maximum atomic E-state index is 6.19. The quantitative estimate of drug-likeness (QED) is 0.900. The lowest BCUT2D eigenvalue weighted by atomic mass is 10.00. The van der Waals surface area contributed by atoms with Gasteiger partial charge in [0.15, 0.2) is 0 Å². The summed E-state index contributed by atoms with van der Waals surface area (Å²) in [5.74, 6) is 1.08. The first-order valence-corrected chi connectivity index (χ1v) is 7.42. The van der Waals surface area contributed by atoms with Gasteiger partial charge in [0.2, 0.25) is 0 Å². The number of likely N-dealkylation sites (N-methyl/N-ethyl adjacent to an activating group) is 1. The molecule has 0 aliphatic carbocycles. The van der Waals surface area contributed by atoms with Crippen molar-refractivity contribution in [2.24, 2.45) is 0 Å². The summed E-state index contributed by atoms with van der Waals surface area (Å²) in [5, 5.41) is 3.40. The van der Waals surface area contributed by atoms with E-state index in [-0.39, 0.29) is 5.54 Å². The molecule has 1 aromatic rings. The number of nitrogens with one attached hydrogen (secondary N) is 1. The van der Waals surface area contributed by atoms with Gasteiger partial charge in [-0.25, -0.2) is 0 Å². The lowest BCUT2D eigenvalue weighted by Crippen LogP contribution is -2.45. The van der Waals surface area contributed by atoms with E-state index in [1.54, 1.807) is 0 Å². The molecule has 0 amide bonds. The Morgan fingerprint density at radius 1 is 1.37 bits per heavy atom. The van der Waals surface area contributed by atoms with Gasteiger partial charge in [-0.15, -0.1) is 0 Å². The number of fused-ring (bicyclic) bond motifs is 1. The number of benzene rings is 1. The average Bonchev–Trinajstić information content (AvgIpc) is 3.03. The highest BCUT2D eigenvalue weighted by Gasteiger charge is 2.36. The predicted molar refractivity (Wildman–Crippen MR) is 77.4 cm³/mol. The van der Waals surface area contributed by atoms with Crippen LogP contribution < -0.4 is 10.1 Å².